The molecule has 1 unspecified atom stereocenters. The Kier molecular flexibility index (Phi) is 4.30. The SMILES string of the molecule is Cc1cc(C(CN)c2ccc(C)c(C)c2)n(-c2ccccc2)n1. The maximum atomic E-state index is 6.14. The minimum absolute atomic E-state index is 0.135. The smallest absolute Gasteiger partial charge is 0.0649 e. The van der Waals surface area contributed by atoms with Crippen molar-refractivity contribution in [1.29, 1.82) is 0 Å². The molecule has 3 rings (SSSR count). The van der Waals surface area contributed by atoms with Crippen LogP contribution in [0.4, 0.5) is 0 Å². The molecule has 0 amide bonds. The van der Waals surface area contributed by atoms with Crippen LogP contribution in [-0.2, 0) is 0 Å². The van der Waals surface area contributed by atoms with E-state index in [-0.39, 0.29) is 5.92 Å². The highest BCUT2D eigenvalue weighted by atomic mass is 15.3. The second-order valence-corrected chi connectivity index (χ2v) is 6.09. The highest BCUT2D eigenvalue weighted by molar-refractivity contribution is 5.40. The molecule has 2 N–H and O–H groups in total. The van der Waals surface area contributed by atoms with E-state index in [1.165, 1.54) is 16.7 Å². The molecule has 1 aromatic heterocycles. The van der Waals surface area contributed by atoms with Gasteiger partial charge in [-0.25, -0.2) is 4.68 Å². The first kappa shape index (κ1) is 15.5. The van der Waals surface area contributed by atoms with Crippen molar-refractivity contribution in [2.75, 3.05) is 6.54 Å². The average Bonchev–Trinajstić information content (AvgIpc) is 2.94. The van der Waals surface area contributed by atoms with E-state index in [0.29, 0.717) is 6.54 Å². The maximum absolute atomic E-state index is 6.14. The first-order valence-corrected chi connectivity index (χ1v) is 7.99. The van der Waals surface area contributed by atoms with Crippen molar-refractivity contribution < 1.29 is 0 Å². The third-order valence-electron chi connectivity index (χ3n) is 4.39. The molecule has 3 aromatic rings. The Bertz CT molecular complexity index is 803. The Morgan fingerprint density at radius 3 is 2.35 bits per heavy atom. The monoisotopic (exact) mass is 305 g/mol. The number of aryl methyl sites for hydroxylation is 3. The molecule has 2 aromatic carbocycles. The minimum atomic E-state index is 0.135. The van der Waals surface area contributed by atoms with Crippen LogP contribution in [0.1, 0.15) is 34.0 Å². The second-order valence-electron chi connectivity index (χ2n) is 6.09. The standard InChI is InChI=1S/C20H23N3/c1-14-9-10-17(11-15(14)2)19(13-21)20-12-16(3)22-23(20)18-7-5-4-6-8-18/h4-12,19H,13,21H2,1-3H3. The molecule has 0 radical (unpaired) electrons. The number of para-hydroxylation sites is 1. The van der Waals surface area contributed by atoms with Gasteiger partial charge in [0, 0.05) is 12.5 Å². The Morgan fingerprint density at radius 2 is 1.70 bits per heavy atom. The topological polar surface area (TPSA) is 43.8 Å². The summed E-state index contributed by atoms with van der Waals surface area (Å²) in [5.74, 6) is 0.135. The highest BCUT2D eigenvalue weighted by Gasteiger charge is 2.19. The lowest BCUT2D eigenvalue weighted by atomic mass is 9.92. The van der Waals surface area contributed by atoms with E-state index in [1.807, 2.05) is 29.8 Å². The van der Waals surface area contributed by atoms with E-state index < -0.39 is 0 Å². The summed E-state index contributed by atoms with van der Waals surface area (Å²) >= 11 is 0. The Hall–Kier alpha value is -2.39. The first-order valence-electron chi connectivity index (χ1n) is 7.99. The molecule has 0 aliphatic heterocycles. The van der Waals surface area contributed by atoms with Crippen molar-refractivity contribution in [3.05, 3.63) is 82.7 Å². The third kappa shape index (κ3) is 3.06. The van der Waals surface area contributed by atoms with E-state index in [0.717, 1.165) is 17.1 Å². The van der Waals surface area contributed by atoms with E-state index >= 15 is 0 Å². The molecule has 3 heteroatoms. The van der Waals surface area contributed by atoms with Gasteiger partial charge in [-0.15, -0.1) is 0 Å². The molecule has 1 atom stereocenters. The molecule has 3 nitrogen and oxygen atoms in total. The zero-order chi connectivity index (χ0) is 16.4. The van der Waals surface area contributed by atoms with Crippen LogP contribution in [0.2, 0.25) is 0 Å². The number of nitrogens with zero attached hydrogens (tertiary/aromatic N) is 2. The van der Waals surface area contributed by atoms with Crippen molar-refractivity contribution in [3.63, 3.8) is 0 Å². The van der Waals surface area contributed by atoms with E-state index in [9.17, 15) is 0 Å². The van der Waals surface area contributed by atoms with Crippen LogP contribution in [-0.4, -0.2) is 16.3 Å². The Morgan fingerprint density at radius 1 is 0.957 bits per heavy atom. The first-order chi connectivity index (χ1) is 11.1. The molecule has 0 saturated carbocycles. The quantitative estimate of drug-likeness (QED) is 0.794. The van der Waals surface area contributed by atoms with Gasteiger partial charge in [0.05, 0.1) is 17.1 Å². The van der Waals surface area contributed by atoms with Gasteiger partial charge >= 0.3 is 0 Å². The van der Waals surface area contributed by atoms with Gasteiger partial charge in [0.1, 0.15) is 0 Å². The molecule has 118 valence electrons. The minimum Gasteiger partial charge on any atom is -0.329 e. The predicted molar refractivity (Wildman–Crippen MR) is 95.1 cm³/mol. The molecular weight excluding hydrogens is 282 g/mol. The number of hydrogen-bond donors (Lipinski definition) is 1. The number of hydrogen-bond acceptors (Lipinski definition) is 2. The summed E-state index contributed by atoms with van der Waals surface area (Å²) in [6.45, 7) is 6.86. The molecule has 0 aliphatic rings. The van der Waals surface area contributed by atoms with Crippen LogP contribution in [0, 0.1) is 20.8 Å². The number of aromatic nitrogens is 2. The molecule has 0 aliphatic carbocycles. The molecular formula is C20H23N3. The van der Waals surface area contributed by atoms with Crippen LogP contribution >= 0.6 is 0 Å². The van der Waals surface area contributed by atoms with Crippen molar-refractivity contribution >= 4 is 0 Å². The second kappa shape index (κ2) is 6.39. The summed E-state index contributed by atoms with van der Waals surface area (Å²) in [4.78, 5) is 0. The van der Waals surface area contributed by atoms with Crippen molar-refractivity contribution in [2.45, 2.75) is 26.7 Å². The fourth-order valence-corrected chi connectivity index (χ4v) is 2.95. The fraction of sp³-hybridized carbons (Fsp3) is 0.250. The third-order valence-corrected chi connectivity index (χ3v) is 4.39. The summed E-state index contributed by atoms with van der Waals surface area (Å²) in [6, 6.07) is 19.0. The molecule has 0 fully saturated rings. The summed E-state index contributed by atoms with van der Waals surface area (Å²) in [7, 11) is 0. The number of nitrogens with two attached hydrogens (primary N) is 1. The highest BCUT2D eigenvalue weighted by Crippen LogP contribution is 2.28. The molecule has 23 heavy (non-hydrogen) atoms. The van der Waals surface area contributed by atoms with E-state index in [4.69, 9.17) is 5.73 Å². The van der Waals surface area contributed by atoms with E-state index in [1.54, 1.807) is 0 Å². The normalized spacial score (nSPS) is 12.3. The zero-order valence-corrected chi connectivity index (χ0v) is 14.0. The number of rotatable bonds is 4. The molecule has 0 bridgehead atoms. The predicted octanol–water partition coefficient (Wildman–Crippen LogP) is 3.89. The summed E-state index contributed by atoms with van der Waals surface area (Å²) in [5.41, 5.74) is 13.2. The van der Waals surface area contributed by atoms with Gasteiger partial charge in [0.25, 0.3) is 0 Å². The summed E-state index contributed by atoms with van der Waals surface area (Å²) in [5, 5.41) is 4.68. The summed E-state index contributed by atoms with van der Waals surface area (Å²) < 4.78 is 2.02. The Labute approximate surface area is 137 Å². The van der Waals surface area contributed by atoms with Crippen LogP contribution in [0.3, 0.4) is 0 Å². The lowest BCUT2D eigenvalue weighted by Gasteiger charge is -2.18. The van der Waals surface area contributed by atoms with Crippen LogP contribution in [0.5, 0.6) is 0 Å². The van der Waals surface area contributed by atoms with Crippen molar-refractivity contribution in [2.24, 2.45) is 5.73 Å². The van der Waals surface area contributed by atoms with Gasteiger partial charge in [-0.3, -0.25) is 0 Å². The largest absolute Gasteiger partial charge is 0.329 e. The lowest BCUT2D eigenvalue weighted by molar-refractivity contribution is 0.717. The number of benzene rings is 2. The lowest BCUT2D eigenvalue weighted by Crippen LogP contribution is -2.18. The van der Waals surface area contributed by atoms with Crippen LogP contribution in [0.15, 0.2) is 54.6 Å². The van der Waals surface area contributed by atoms with Gasteiger partial charge in [-0.05, 0) is 55.7 Å². The van der Waals surface area contributed by atoms with Gasteiger partial charge in [-0.2, -0.15) is 5.10 Å². The van der Waals surface area contributed by atoms with Gasteiger partial charge in [0.15, 0.2) is 0 Å². The molecule has 0 spiro atoms. The van der Waals surface area contributed by atoms with Crippen molar-refractivity contribution in [3.8, 4) is 5.69 Å². The van der Waals surface area contributed by atoms with Gasteiger partial charge in [0.2, 0.25) is 0 Å². The average molecular weight is 305 g/mol. The van der Waals surface area contributed by atoms with E-state index in [2.05, 4.69) is 55.3 Å². The van der Waals surface area contributed by atoms with Gasteiger partial charge < -0.3 is 5.73 Å². The van der Waals surface area contributed by atoms with Crippen molar-refractivity contribution in [1.82, 2.24) is 9.78 Å². The van der Waals surface area contributed by atoms with Crippen LogP contribution in [0.25, 0.3) is 5.69 Å². The van der Waals surface area contributed by atoms with Crippen LogP contribution < -0.4 is 5.73 Å². The summed E-state index contributed by atoms with van der Waals surface area (Å²) in [6.07, 6.45) is 0. The Balaban J connectivity index is 2.10. The molecule has 0 saturated heterocycles. The molecule has 1 heterocycles. The van der Waals surface area contributed by atoms with Gasteiger partial charge in [-0.1, -0.05) is 36.4 Å². The maximum Gasteiger partial charge on any atom is 0.0649 e. The zero-order valence-electron chi connectivity index (χ0n) is 14.0. The fourth-order valence-electron chi connectivity index (χ4n) is 2.95.